The summed E-state index contributed by atoms with van der Waals surface area (Å²) in [6.45, 7) is 8.83. The van der Waals surface area contributed by atoms with Crippen LogP contribution < -0.4 is 0 Å². The fourth-order valence-corrected chi connectivity index (χ4v) is 5.71. The Kier molecular flexibility index (Phi) is 4.18. The fourth-order valence-electron chi connectivity index (χ4n) is 5.71. The lowest BCUT2D eigenvalue weighted by atomic mass is 9.44. The van der Waals surface area contributed by atoms with Gasteiger partial charge in [0.05, 0.1) is 5.60 Å². The van der Waals surface area contributed by atoms with E-state index in [0.29, 0.717) is 31.4 Å². The van der Waals surface area contributed by atoms with Crippen molar-refractivity contribution in [2.75, 3.05) is 6.61 Å². The smallest absolute Gasteiger partial charge is 0.334 e. The van der Waals surface area contributed by atoms with Crippen molar-refractivity contribution in [1.82, 2.24) is 0 Å². The van der Waals surface area contributed by atoms with Crippen molar-refractivity contribution >= 4 is 11.8 Å². The van der Waals surface area contributed by atoms with Gasteiger partial charge in [-0.05, 0) is 43.1 Å². The number of ketones is 1. The summed E-state index contributed by atoms with van der Waals surface area (Å²) in [5.74, 6) is -0.306. The van der Waals surface area contributed by atoms with Gasteiger partial charge in [0, 0.05) is 23.3 Å². The maximum absolute atomic E-state index is 12.7. The van der Waals surface area contributed by atoms with Crippen LogP contribution in [0.2, 0.25) is 0 Å². The van der Waals surface area contributed by atoms with Crippen LogP contribution >= 0.6 is 0 Å². The number of esters is 1. The summed E-state index contributed by atoms with van der Waals surface area (Å²) in [6, 6.07) is 0. The standard InChI is InChI=1S/C20H30O4/c1-13-15(21)12-16-18(2,3)8-5-9-19(16,4)20(13,23)10-6-14-7-11-24-17(14)22/h7,13,16,23H,5-6,8-12H2,1-4H3/t13-,16?,19+,20+/m1/s1. The number of aliphatic hydroxyl groups is 1. The van der Waals surface area contributed by atoms with Gasteiger partial charge in [-0.15, -0.1) is 0 Å². The number of hydrogen-bond donors (Lipinski definition) is 1. The topological polar surface area (TPSA) is 63.6 Å². The third-order valence-corrected chi connectivity index (χ3v) is 7.41. The van der Waals surface area contributed by atoms with E-state index < -0.39 is 5.60 Å². The average molecular weight is 334 g/mol. The second-order valence-electron chi connectivity index (χ2n) is 8.96. The SMILES string of the molecule is C[C@@H]1C(=O)CC2C(C)(C)CCC[C@]2(C)[C@]1(O)CCC1=CCOC1=O. The molecule has 2 saturated carbocycles. The third kappa shape index (κ3) is 2.45. The van der Waals surface area contributed by atoms with Crippen molar-refractivity contribution in [2.45, 2.75) is 71.8 Å². The first kappa shape index (κ1) is 17.7. The normalized spacial score (nSPS) is 41.6. The van der Waals surface area contributed by atoms with Gasteiger partial charge >= 0.3 is 5.97 Å². The average Bonchev–Trinajstić information content (AvgIpc) is 2.91. The van der Waals surface area contributed by atoms with Crippen molar-refractivity contribution < 1.29 is 19.4 Å². The Morgan fingerprint density at radius 3 is 2.58 bits per heavy atom. The highest BCUT2D eigenvalue weighted by atomic mass is 16.5. The van der Waals surface area contributed by atoms with Crippen LogP contribution in [0.15, 0.2) is 11.6 Å². The Morgan fingerprint density at radius 1 is 1.25 bits per heavy atom. The summed E-state index contributed by atoms with van der Waals surface area (Å²) in [6.07, 6.45) is 6.41. The highest BCUT2D eigenvalue weighted by molar-refractivity contribution is 5.90. The zero-order chi connectivity index (χ0) is 17.8. The van der Waals surface area contributed by atoms with E-state index in [0.717, 1.165) is 19.3 Å². The van der Waals surface area contributed by atoms with E-state index in [2.05, 4.69) is 20.8 Å². The van der Waals surface area contributed by atoms with E-state index >= 15 is 0 Å². The molecule has 1 heterocycles. The van der Waals surface area contributed by atoms with Crippen LogP contribution in [-0.2, 0) is 14.3 Å². The molecule has 1 unspecified atom stereocenters. The fraction of sp³-hybridized carbons (Fsp3) is 0.800. The molecule has 0 aromatic carbocycles. The van der Waals surface area contributed by atoms with Crippen LogP contribution in [0.5, 0.6) is 0 Å². The first-order valence-corrected chi connectivity index (χ1v) is 9.23. The molecule has 0 aromatic rings. The molecule has 24 heavy (non-hydrogen) atoms. The Morgan fingerprint density at radius 2 is 1.96 bits per heavy atom. The molecule has 0 bridgehead atoms. The third-order valence-electron chi connectivity index (χ3n) is 7.41. The van der Waals surface area contributed by atoms with Gasteiger partial charge in [0.15, 0.2) is 0 Å². The van der Waals surface area contributed by atoms with Gasteiger partial charge in [-0.25, -0.2) is 4.79 Å². The van der Waals surface area contributed by atoms with Crippen LogP contribution in [0.3, 0.4) is 0 Å². The first-order chi connectivity index (χ1) is 11.1. The summed E-state index contributed by atoms with van der Waals surface area (Å²) in [5, 5.41) is 11.7. The van der Waals surface area contributed by atoms with E-state index in [1.54, 1.807) is 6.08 Å². The van der Waals surface area contributed by atoms with E-state index in [9.17, 15) is 14.7 Å². The molecule has 0 aromatic heterocycles. The molecule has 134 valence electrons. The Hall–Kier alpha value is -1.16. The molecule has 0 saturated heterocycles. The Labute approximate surface area is 144 Å². The summed E-state index contributed by atoms with van der Waals surface area (Å²) in [7, 11) is 0. The maximum atomic E-state index is 12.7. The molecule has 0 spiro atoms. The minimum atomic E-state index is -1.06. The minimum absolute atomic E-state index is 0.0579. The summed E-state index contributed by atoms with van der Waals surface area (Å²) in [4.78, 5) is 24.4. The molecule has 2 fully saturated rings. The molecular weight excluding hydrogens is 304 g/mol. The molecular formula is C20H30O4. The van der Waals surface area contributed by atoms with Gasteiger partial charge in [-0.2, -0.15) is 0 Å². The van der Waals surface area contributed by atoms with Gasteiger partial charge in [-0.3, -0.25) is 4.79 Å². The molecule has 1 aliphatic heterocycles. The van der Waals surface area contributed by atoms with Crippen LogP contribution in [0.25, 0.3) is 0 Å². The molecule has 3 aliphatic rings. The number of Topliss-reactive ketones (excluding diaryl/α,β-unsaturated/α-hetero) is 1. The number of carbonyl (C=O) groups excluding carboxylic acids is 2. The van der Waals surface area contributed by atoms with Crippen molar-refractivity contribution in [3.8, 4) is 0 Å². The van der Waals surface area contributed by atoms with Crippen LogP contribution in [-0.4, -0.2) is 29.1 Å². The van der Waals surface area contributed by atoms with Gasteiger partial charge in [0.25, 0.3) is 0 Å². The number of rotatable bonds is 3. The second kappa shape index (κ2) is 5.69. The van der Waals surface area contributed by atoms with Gasteiger partial charge in [-0.1, -0.05) is 34.1 Å². The predicted molar refractivity (Wildman–Crippen MR) is 91.2 cm³/mol. The van der Waals surface area contributed by atoms with Gasteiger partial charge in [0.1, 0.15) is 12.4 Å². The van der Waals surface area contributed by atoms with Crippen LogP contribution in [0, 0.1) is 22.7 Å². The second-order valence-corrected chi connectivity index (χ2v) is 8.96. The van der Waals surface area contributed by atoms with Crippen LogP contribution in [0.4, 0.5) is 0 Å². The zero-order valence-corrected chi connectivity index (χ0v) is 15.4. The van der Waals surface area contributed by atoms with Crippen molar-refractivity contribution in [3.63, 3.8) is 0 Å². The van der Waals surface area contributed by atoms with E-state index in [-0.39, 0.29) is 34.4 Å². The molecule has 0 amide bonds. The first-order valence-electron chi connectivity index (χ1n) is 9.23. The lowest BCUT2D eigenvalue weighted by Gasteiger charge is -2.62. The van der Waals surface area contributed by atoms with E-state index in [1.807, 2.05) is 6.92 Å². The number of ether oxygens (including phenoxy) is 1. The largest absolute Gasteiger partial charge is 0.458 e. The highest BCUT2D eigenvalue weighted by Gasteiger charge is 2.63. The molecule has 2 aliphatic carbocycles. The van der Waals surface area contributed by atoms with E-state index in [1.165, 1.54) is 0 Å². The van der Waals surface area contributed by atoms with Gasteiger partial charge < -0.3 is 9.84 Å². The highest BCUT2D eigenvalue weighted by Crippen LogP contribution is 2.63. The monoisotopic (exact) mass is 334 g/mol. The molecule has 1 N–H and O–H groups in total. The van der Waals surface area contributed by atoms with Crippen molar-refractivity contribution in [1.29, 1.82) is 0 Å². The molecule has 0 radical (unpaired) electrons. The van der Waals surface area contributed by atoms with Crippen molar-refractivity contribution in [3.05, 3.63) is 11.6 Å². The lowest BCUT2D eigenvalue weighted by molar-refractivity contribution is -0.208. The van der Waals surface area contributed by atoms with Crippen molar-refractivity contribution in [2.24, 2.45) is 22.7 Å². The van der Waals surface area contributed by atoms with Crippen LogP contribution in [0.1, 0.15) is 66.2 Å². The maximum Gasteiger partial charge on any atom is 0.334 e. The lowest BCUT2D eigenvalue weighted by Crippen LogP contribution is -2.64. The minimum Gasteiger partial charge on any atom is -0.458 e. The number of fused-ring (bicyclic) bond motifs is 1. The molecule has 4 atom stereocenters. The summed E-state index contributed by atoms with van der Waals surface area (Å²) < 4.78 is 4.97. The number of carbonyl (C=O) groups is 2. The van der Waals surface area contributed by atoms with Gasteiger partial charge in [0.2, 0.25) is 0 Å². The number of cyclic esters (lactones) is 1. The summed E-state index contributed by atoms with van der Waals surface area (Å²) in [5.41, 5.74) is -0.647. The molecule has 4 nitrogen and oxygen atoms in total. The predicted octanol–water partition coefficient (Wildman–Crippen LogP) is 3.42. The quantitative estimate of drug-likeness (QED) is 0.803. The Balaban J connectivity index is 1.92. The molecule has 4 heteroatoms. The summed E-state index contributed by atoms with van der Waals surface area (Å²) >= 11 is 0. The zero-order valence-electron chi connectivity index (χ0n) is 15.4. The Bertz CT molecular complexity index is 590. The van der Waals surface area contributed by atoms with E-state index in [4.69, 9.17) is 4.74 Å². The molecule has 3 rings (SSSR count). The number of hydrogen-bond acceptors (Lipinski definition) is 4.